The number of nitrogens with one attached hydrogen (secondary N) is 1. The van der Waals surface area contributed by atoms with Gasteiger partial charge >= 0.3 is 0 Å². The molecule has 0 fully saturated rings. The lowest BCUT2D eigenvalue weighted by Crippen LogP contribution is -2.47. The molecule has 5 nitrogen and oxygen atoms in total. The number of hydrogen-bond acceptors (Lipinski definition) is 3. The van der Waals surface area contributed by atoms with Crippen LogP contribution in [0.5, 0.6) is 0 Å². The number of amides is 1. The van der Waals surface area contributed by atoms with E-state index in [0.29, 0.717) is 5.69 Å². The molecule has 0 saturated heterocycles. The molecule has 1 N–H and O–H groups in total. The Morgan fingerprint density at radius 3 is 1.97 bits per heavy atom. The van der Waals surface area contributed by atoms with Gasteiger partial charge in [-0.3, -0.25) is 9.10 Å². The average Bonchev–Trinajstić information content (AvgIpc) is 2.70. The molecule has 0 aromatic heterocycles. The van der Waals surface area contributed by atoms with Crippen molar-refractivity contribution in [3.8, 4) is 0 Å². The summed E-state index contributed by atoms with van der Waals surface area (Å²) in [6.45, 7) is 9.97. The fraction of sp³-hybridized carbons (Fsp3) is 0.435. The van der Waals surface area contributed by atoms with E-state index in [1.807, 2.05) is 46.8 Å². The number of nitrogens with zero attached hydrogens (tertiary/aromatic N) is 1. The van der Waals surface area contributed by atoms with E-state index >= 15 is 0 Å². The minimum Gasteiger partial charge on any atom is -0.351 e. The molecule has 0 aliphatic rings. The first-order valence-corrected chi connectivity index (χ1v) is 11.6. The average molecular weight is 417 g/mol. The van der Waals surface area contributed by atoms with Gasteiger partial charge in [0.2, 0.25) is 5.91 Å². The third-order valence-corrected chi connectivity index (χ3v) is 6.80. The summed E-state index contributed by atoms with van der Waals surface area (Å²) in [6, 6.07) is 15.5. The zero-order valence-electron chi connectivity index (χ0n) is 17.9. The van der Waals surface area contributed by atoms with E-state index in [2.05, 4.69) is 5.32 Å². The molecule has 2 rings (SSSR count). The van der Waals surface area contributed by atoms with Gasteiger partial charge in [-0.05, 0) is 48.1 Å². The Labute approximate surface area is 175 Å². The lowest BCUT2D eigenvalue weighted by atomic mass is 9.93. The second kappa shape index (κ2) is 9.92. The Hall–Kier alpha value is -2.34. The van der Waals surface area contributed by atoms with Crippen LogP contribution in [0, 0.1) is 11.8 Å². The number of hydrogen-bond donors (Lipinski definition) is 1. The molecule has 0 atom stereocenters. The molecule has 2 aromatic rings. The van der Waals surface area contributed by atoms with Crippen molar-refractivity contribution in [2.45, 2.75) is 52.0 Å². The van der Waals surface area contributed by atoms with Crippen molar-refractivity contribution < 1.29 is 13.2 Å². The van der Waals surface area contributed by atoms with Gasteiger partial charge in [-0.2, -0.15) is 0 Å². The van der Waals surface area contributed by atoms with Gasteiger partial charge in [-0.1, -0.05) is 65.0 Å². The van der Waals surface area contributed by atoms with Gasteiger partial charge in [0.1, 0.15) is 6.54 Å². The molecular formula is C23H32N2O3S. The highest BCUT2D eigenvalue weighted by Gasteiger charge is 2.28. The van der Waals surface area contributed by atoms with Crippen LogP contribution in [0.1, 0.15) is 40.2 Å². The van der Waals surface area contributed by atoms with Crippen LogP contribution in [0.4, 0.5) is 5.69 Å². The van der Waals surface area contributed by atoms with Crippen molar-refractivity contribution in [3.05, 3.63) is 60.2 Å². The standard InChI is InChI=1S/C23H32N2O3S/c1-6-19-12-14-20(15-13-19)25(29(27,28)21-10-8-7-9-11-21)16-22(26)24-23(17(2)3)18(4)5/h7-15,17-18,23H,6,16H2,1-5H3,(H,24,26). The molecule has 0 spiro atoms. The smallest absolute Gasteiger partial charge is 0.264 e. The first kappa shape index (κ1) is 22.9. The number of rotatable bonds is 9. The lowest BCUT2D eigenvalue weighted by Gasteiger charge is -2.29. The zero-order valence-corrected chi connectivity index (χ0v) is 18.7. The third-order valence-electron chi connectivity index (χ3n) is 5.02. The Morgan fingerprint density at radius 1 is 0.931 bits per heavy atom. The summed E-state index contributed by atoms with van der Waals surface area (Å²) in [7, 11) is -3.87. The van der Waals surface area contributed by atoms with Crippen LogP contribution in [-0.2, 0) is 21.2 Å². The van der Waals surface area contributed by atoms with Crippen molar-refractivity contribution in [1.82, 2.24) is 5.32 Å². The largest absolute Gasteiger partial charge is 0.351 e. The van der Waals surface area contributed by atoms with E-state index in [-0.39, 0.29) is 35.2 Å². The highest BCUT2D eigenvalue weighted by Crippen LogP contribution is 2.24. The first-order chi connectivity index (χ1) is 13.7. The van der Waals surface area contributed by atoms with Crippen LogP contribution < -0.4 is 9.62 Å². The summed E-state index contributed by atoms with van der Waals surface area (Å²) in [5.41, 5.74) is 1.58. The normalized spacial score (nSPS) is 11.9. The van der Waals surface area contributed by atoms with E-state index in [4.69, 9.17) is 0 Å². The lowest BCUT2D eigenvalue weighted by molar-refractivity contribution is -0.121. The van der Waals surface area contributed by atoms with Crippen molar-refractivity contribution in [1.29, 1.82) is 0 Å². The first-order valence-electron chi connectivity index (χ1n) is 10.1. The number of anilines is 1. The summed E-state index contributed by atoms with van der Waals surface area (Å²) in [6.07, 6.45) is 0.858. The van der Waals surface area contributed by atoms with Crippen LogP contribution in [0.15, 0.2) is 59.5 Å². The van der Waals surface area contributed by atoms with Crippen LogP contribution in [0.25, 0.3) is 0 Å². The summed E-state index contributed by atoms with van der Waals surface area (Å²) in [5, 5.41) is 3.02. The van der Waals surface area contributed by atoms with Gasteiger partial charge in [0.25, 0.3) is 10.0 Å². The van der Waals surface area contributed by atoms with Gasteiger partial charge in [0.05, 0.1) is 10.6 Å². The molecule has 1 amide bonds. The van der Waals surface area contributed by atoms with Gasteiger partial charge < -0.3 is 5.32 Å². The van der Waals surface area contributed by atoms with E-state index in [1.165, 1.54) is 4.31 Å². The third kappa shape index (κ3) is 5.82. The van der Waals surface area contributed by atoms with E-state index in [0.717, 1.165) is 12.0 Å². The molecule has 0 aliphatic carbocycles. The van der Waals surface area contributed by atoms with Gasteiger partial charge in [-0.25, -0.2) is 8.42 Å². The van der Waals surface area contributed by atoms with E-state index in [9.17, 15) is 13.2 Å². The van der Waals surface area contributed by atoms with Crippen molar-refractivity contribution >= 4 is 21.6 Å². The van der Waals surface area contributed by atoms with Crippen molar-refractivity contribution in [2.24, 2.45) is 11.8 Å². The molecule has 158 valence electrons. The Bertz CT molecular complexity index is 883. The second-order valence-corrected chi connectivity index (χ2v) is 9.79. The highest BCUT2D eigenvalue weighted by molar-refractivity contribution is 7.92. The quantitative estimate of drug-likeness (QED) is 0.665. The SMILES string of the molecule is CCc1ccc(N(CC(=O)NC(C(C)C)C(C)C)S(=O)(=O)c2ccccc2)cc1. The Kier molecular flexibility index (Phi) is 7.85. The number of sulfonamides is 1. The molecule has 0 saturated carbocycles. The summed E-state index contributed by atoms with van der Waals surface area (Å²) >= 11 is 0. The molecule has 0 bridgehead atoms. The Balaban J connectivity index is 2.38. The highest BCUT2D eigenvalue weighted by atomic mass is 32.2. The molecule has 0 heterocycles. The molecular weight excluding hydrogens is 384 g/mol. The van der Waals surface area contributed by atoms with Crippen LogP contribution in [0.2, 0.25) is 0 Å². The molecule has 0 unspecified atom stereocenters. The maximum atomic E-state index is 13.3. The number of aryl methyl sites for hydroxylation is 1. The van der Waals surface area contributed by atoms with Gasteiger partial charge in [-0.15, -0.1) is 0 Å². The maximum absolute atomic E-state index is 13.3. The number of carbonyl (C=O) groups excluding carboxylic acids is 1. The fourth-order valence-corrected chi connectivity index (χ4v) is 4.84. The van der Waals surface area contributed by atoms with Crippen molar-refractivity contribution in [3.63, 3.8) is 0 Å². The summed E-state index contributed by atoms with van der Waals surface area (Å²) < 4.78 is 27.8. The van der Waals surface area contributed by atoms with Gasteiger partial charge in [0, 0.05) is 6.04 Å². The zero-order chi connectivity index (χ0) is 21.6. The minimum absolute atomic E-state index is 0.0220. The Morgan fingerprint density at radius 2 is 1.48 bits per heavy atom. The van der Waals surface area contributed by atoms with Gasteiger partial charge in [0.15, 0.2) is 0 Å². The number of carbonyl (C=O) groups is 1. The van der Waals surface area contributed by atoms with Crippen LogP contribution >= 0.6 is 0 Å². The van der Waals surface area contributed by atoms with E-state index in [1.54, 1.807) is 42.5 Å². The van der Waals surface area contributed by atoms with E-state index < -0.39 is 10.0 Å². The molecule has 0 radical (unpaired) electrons. The summed E-state index contributed by atoms with van der Waals surface area (Å²) in [4.78, 5) is 13.0. The molecule has 0 aliphatic heterocycles. The molecule has 2 aromatic carbocycles. The maximum Gasteiger partial charge on any atom is 0.264 e. The monoisotopic (exact) mass is 416 g/mol. The molecule has 6 heteroatoms. The topological polar surface area (TPSA) is 66.5 Å². The second-order valence-electron chi connectivity index (χ2n) is 7.93. The fourth-order valence-electron chi connectivity index (χ4n) is 3.40. The minimum atomic E-state index is -3.87. The van der Waals surface area contributed by atoms with Crippen LogP contribution in [0.3, 0.4) is 0 Å². The predicted octanol–water partition coefficient (Wildman–Crippen LogP) is 4.24. The summed E-state index contributed by atoms with van der Waals surface area (Å²) in [5.74, 6) is 0.195. The predicted molar refractivity (Wildman–Crippen MR) is 118 cm³/mol. The molecule has 29 heavy (non-hydrogen) atoms. The van der Waals surface area contributed by atoms with Crippen molar-refractivity contribution in [2.75, 3.05) is 10.8 Å². The van der Waals surface area contributed by atoms with Crippen LogP contribution in [-0.4, -0.2) is 26.9 Å². The number of benzene rings is 2.